The third-order valence-electron chi connectivity index (χ3n) is 2.51. The predicted molar refractivity (Wildman–Crippen MR) is 68.3 cm³/mol. The summed E-state index contributed by atoms with van der Waals surface area (Å²) in [6.07, 6.45) is 0. The fraction of sp³-hybridized carbons (Fsp3) is 0.143. The van der Waals surface area contributed by atoms with Crippen molar-refractivity contribution >= 4 is 15.9 Å². The Balaban J connectivity index is 2.31. The van der Waals surface area contributed by atoms with Crippen molar-refractivity contribution in [3.8, 4) is 0 Å². The fourth-order valence-electron chi connectivity index (χ4n) is 1.59. The first-order valence-electron chi connectivity index (χ1n) is 5.13. The molecule has 2 rings (SSSR count). The van der Waals surface area contributed by atoms with Gasteiger partial charge in [-0.15, -0.1) is 0 Å². The van der Waals surface area contributed by atoms with Gasteiger partial charge >= 0.3 is 0 Å². The molecule has 0 aromatic heterocycles. The van der Waals surface area contributed by atoms with Crippen molar-refractivity contribution < 1.29 is 4.39 Å². The molecule has 0 spiro atoms. The molecule has 16 heavy (non-hydrogen) atoms. The van der Waals surface area contributed by atoms with Crippen LogP contribution in [0.2, 0.25) is 0 Å². The lowest BCUT2D eigenvalue weighted by molar-refractivity contribution is 0.626. The second-order valence-electron chi connectivity index (χ2n) is 3.83. The van der Waals surface area contributed by atoms with Crippen LogP contribution in [-0.2, 0) is 0 Å². The van der Waals surface area contributed by atoms with E-state index < -0.39 is 0 Å². The molecule has 0 amide bonds. The van der Waals surface area contributed by atoms with Gasteiger partial charge in [0.15, 0.2) is 0 Å². The van der Waals surface area contributed by atoms with Crippen LogP contribution in [0.25, 0.3) is 0 Å². The minimum absolute atomic E-state index is 0.0452. The highest BCUT2D eigenvalue weighted by atomic mass is 79.9. The first kappa shape index (κ1) is 11.3. The van der Waals surface area contributed by atoms with Crippen LogP contribution in [0, 0.1) is 12.7 Å². The lowest BCUT2D eigenvalue weighted by Gasteiger charge is -2.10. The monoisotopic (exact) mass is 278 g/mol. The molecule has 0 saturated carbocycles. The van der Waals surface area contributed by atoms with Crippen molar-refractivity contribution in [2.24, 2.45) is 0 Å². The summed E-state index contributed by atoms with van der Waals surface area (Å²) in [4.78, 5) is 0.0452. The first-order chi connectivity index (χ1) is 7.66. The van der Waals surface area contributed by atoms with E-state index in [0.717, 1.165) is 11.1 Å². The van der Waals surface area contributed by atoms with Gasteiger partial charge in [0.1, 0.15) is 5.82 Å². The van der Waals surface area contributed by atoms with E-state index in [4.69, 9.17) is 0 Å². The molecule has 0 heterocycles. The third-order valence-corrected chi connectivity index (χ3v) is 3.57. The van der Waals surface area contributed by atoms with Crippen LogP contribution in [0.4, 0.5) is 4.39 Å². The maximum Gasteiger partial charge on any atom is 0.123 e. The molecule has 0 radical (unpaired) electrons. The van der Waals surface area contributed by atoms with E-state index in [0.29, 0.717) is 0 Å². The minimum Gasteiger partial charge on any atom is -0.207 e. The molecule has 0 fully saturated rings. The van der Waals surface area contributed by atoms with E-state index in [1.165, 1.54) is 11.6 Å². The van der Waals surface area contributed by atoms with Gasteiger partial charge in [0.05, 0.1) is 4.83 Å². The van der Waals surface area contributed by atoms with E-state index in [9.17, 15) is 4.39 Å². The van der Waals surface area contributed by atoms with Gasteiger partial charge in [0.2, 0.25) is 0 Å². The highest BCUT2D eigenvalue weighted by molar-refractivity contribution is 9.09. The quantitative estimate of drug-likeness (QED) is 0.704. The number of aryl methyl sites for hydroxylation is 1. The van der Waals surface area contributed by atoms with Gasteiger partial charge in [0.25, 0.3) is 0 Å². The summed E-state index contributed by atoms with van der Waals surface area (Å²) < 4.78 is 13.1. The van der Waals surface area contributed by atoms with E-state index in [1.807, 2.05) is 6.07 Å². The van der Waals surface area contributed by atoms with Gasteiger partial charge in [0, 0.05) is 0 Å². The Bertz CT molecular complexity index is 476. The molecule has 0 aliphatic carbocycles. The molecule has 0 nitrogen and oxygen atoms in total. The summed E-state index contributed by atoms with van der Waals surface area (Å²) in [5.41, 5.74) is 3.29. The minimum atomic E-state index is -0.200. The molecule has 2 heteroatoms. The van der Waals surface area contributed by atoms with Gasteiger partial charge in [-0.25, -0.2) is 4.39 Å². The summed E-state index contributed by atoms with van der Waals surface area (Å²) in [6.45, 7) is 2.05. The molecule has 82 valence electrons. The molecule has 0 aliphatic rings. The topological polar surface area (TPSA) is 0 Å². The normalized spacial score (nSPS) is 12.4. The zero-order valence-corrected chi connectivity index (χ0v) is 10.5. The number of benzene rings is 2. The number of hydrogen-bond donors (Lipinski definition) is 0. The molecular formula is C14H12BrF. The largest absolute Gasteiger partial charge is 0.207 e. The van der Waals surface area contributed by atoms with Gasteiger partial charge in [-0.05, 0) is 30.2 Å². The maximum atomic E-state index is 13.1. The van der Waals surface area contributed by atoms with Crippen LogP contribution in [0.3, 0.4) is 0 Å². The molecule has 1 unspecified atom stereocenters. The molecule has 2 aromatic carbocycles. The van der Waals surface area contributed by atoms with Gasteiger partial charge in [-0.2, -0.15) is 0 Å². The summed E-state index contributed by atoms with van der Waals surface area (Å²) in [5.74, 6) is -0.200. The lowest BCUT2D eigenvalue weighted by atomic mass is 10.0. The summed E-state index contributed by atoms with van der Waals surface area (Å²) >= 11 is 3.59. The smallest absolute Gasteiger partial charge is 0.123 e. The van der Waals surface area contributed by atoms with Crippen LogP contribution in [-0.4, -0.2) is 0 Å². The van der Waals surface area contributed by atoms with Crippen LogP contribution >= 0.6 is 15.9 Å². The highest BCUT2D eigenvalue weighted by Crippen LogP contribution is 2.30. The molecule has 0 saturated heterocycles. The summed E-state index contributed by atoms with van der Waals surface area (Å²) in [5, 5.41) is 0. The Morgan fingerprint density at radius 2 is 1.69 bits per heavy atom. The van der Waals surface area contributed by atoms with Crippen LogP contribution in [0.5, 0.6) is 0 Å². The molecule has 0 bridgehead atoms. The van der Waals surface area contributed by atoms with E-state index >= 15 is 0 Å². The zero-order valence-electron chi connectivity index (χ0n) is 8.95. The standard InChI is InChI=1S/C14H12BrF/c1-10-5-7-11(8-6-10)14(15)12-3-2-4-13(16)9-12/h2-9,14H,1H3. The Labute approximate surface area is 103 Å². The Morgan fingerprint density at radius 1 is 1.00 bits per heavy atom. The second-order valence-corrected chi connectivity index (χ2v) is 4.74. The van der Waals surface area contributed by atoms with Crippen molar-refractivity contribution in [2.45, 2.75) is 11.8 Å². The van der Waals surface area contributed by atoms with E-state index in [1.54, 1.807) is 12.1 Å². The van der Waals surface area contributed by atoms with Gasteiger partial charge in [-0.1, -0.05) is 57.9 Å². The Hall–Kier alpha value is -1.15. The van der Waals surface area contributed by atoms with Crippen molar-refractivity contribution in [1.29, 1.82) is 0 Å². The summed E-state index contributed by atoms with van der Waals surface area (Å²) in [6, 6.07) is 14.9. The van der Waals surface area contributed by atoms with Crippen LogP contribution < -0.4 is 0 Å². The lowest BCUT2D eigenvalue weighted by Crippen LogP contribution is -1.93. The fourth-order valence-corrected chi connectivity index (χ4v) is 2.18. The second kappa shape index (κ2) is 4.79. The first-order valence-corrected chi connectivity index (χ1v) is 6.04. The van der Waals surface area contributed by atoms with E-state index in [2.05, 4.69) is 47.1 Å². The maximum absolute atomic E-state index is 13.1. The number of alkyl halides is 1. The van der Waals surface area contributed by atoms with Crippen LogP contribution in [0.1, 0.15) is 21.5 Å². The Kier molecular flexibility index (Phi) is 3.39. The third kappa shape index (κ3) is 2.50. The zero-order chi connectivity index (χ0) is 11.5. The average Bonchev–Trinajstić information content (AvgIpc) is 2.29. The summed E-state index contributed by atoms with van der Waals surface area (Å²) in [7, 11) is 0. The molecule has 0 aliphatic heterocycles. The van der Waals surface area contributed by atoms with Crippen molar-refractivity contribution in [1.82, 2.24) is 0 Å². The molecule has 0 N–H and O–H groups in total. The van der Waals surface area contributed by atoms with Crippen LogP contribution in [0.15, 0.2) is 48.5 Å². The van der Waals surface area contributed by atoms with Crippen molar-refractivity contribution in [3.05, 3.63) is 71.0 Å². The van der Waals surface area contributed by atoms with Gasteiger partial charge in [-0.3, -0.25) is 0 Å². The van der Waals surface area contributed by atoms with Crippen molar-refractivity contribution in [2.75, 3.05) is 0 Å². The van der Waals surface area contributed by atoms with Crippen molar-refractivity contribution in [3.63, 3.8) is 0 Å². The highest BCUT2D eigenvalue weighted by Gasteiger charge is 2.10. The number of hydrogen-bond acceptors (Lipinski definition) is 0. The van der Waals surface area contributed by atoms with E-state index in [-0.39, 0.29) is 10.6 Å². The number of halogens is 2. The average molecular weight is 279 g/mol. The molecule has 2 aromatic rings. The predicted octanol–water partition coefficient (Wildman–Crippen LogP) is 4.62. The Morgan fingerprint density at radius 3 is 2.31 bits per heavy atom. The number of rotatable bonds is 2. The molecular weight excluding hydrogens is 267 g/mol. The molecule has 1 atom stereocenters. The SMILES string of the molecule is Cc1ccc(C(Br)c2cccc(F)c2)cc1. The van der Waals surface area contributed by atoms with Gasteiger partial charge < -0.3 is 0 Å².